The fraction of sp³-hybridized carbons (Fsp3) is 0.529. The maximum absolute atomic E-state index is 14.5. The van der Waals surface area contributed by atoms with Crippen LogP contribution in [0.15, 0.2) is 48.5 Å². The predicted molar refractivity (Wildman–Crippen MR) is 169 cm³/mol. The van der Waals surface area contributed by atoms with Crippen molar-refractivity contribution in [3.05, 3.63) is 70.8 Å². The average Bonchev–Trinajstić information content (AvgIpc) is 2.91. The summed E-state index contributed by atoms with van der Waals surface area (Å²) in [6.45, 7) is 15.5. The highest BCUT2D eigenvalue weighted by atomic mass is 16.6. The number of nitrogens with zero attached hydrogens (tertiary/aromatic N) is 1. The summed E-state index contributed by atoms with van der Waals surface area (Å²) in [4.78, 5) is 54.9. The molecule has 2 aromatic carbocycles. The standard InChI is InChI=1S/C34H50N4O5/c1-22(2)14-16-25(5)38(32(41)28(18-19-29(35)39)37-33(42)43-34(6,7)8)30(27-17-15-23(3)20-24(27)4)31(40)36-21-26-12-10-9-11-13-26/h9-13,15,17,20,22,25,28,30H,14,16,18-19,21H2,1-8H3,(H2,35,39)(H,36,40)(H,37,42). The Balaban J connectivity index is 2.62. The summed E-state index contributed by atoms with van der Waals surface area (Å²) in [5.74, 6) is -1.05. The van der Waals surface area contributed by atoms with Gasteiger partial charge in [0.2, 0.25) is 17.7 Å². The van der Waals surface area contributed by atoms with E-state index in [4.69, 9.17) is 10.5 Å². The molecule has 0 spiro atoms. The Morgan fingerprint density at radius 2 is 1.58 bits per heavy atom. The molecule has 3 unspecified atom stereocenters. The number of alkyl carbamates (subject to hydrolysis) is 1. The SMILES string of the molecule is Cc1ccc(C(C(=O)NCc2ccccc2)N(C(=O)C(CCC(N)=O)NC(=O)OC(C)(C)C)C(C)CCC(C)C)c(C)c1. The van der Waals surface area contributed by atoms with Crippen molar-refractivity contribution in [3.8, 4) is 0 Å². The zero-order valence-electron chi connectivity index (χ0n) is 27.0. The van der Waals surface area contributed by atoms with Crippen LogP contribution >= 0.6 is 0 Å². The van der Waals surface area contributed by atoms with Gasteiger partial charge in [-0.2, -0.15) is 0 Å². The molecule has 236 valence electrons. The second-order valence-electron chi connectivity index (χ2n) is 12.7. The molecule has 0 aliphatic rings. The minimum absolute atomic E-state index is 0.0357. The Morgan fingerprint density at radius 1 is 0.930 bits per heavy atom. The van der Waals surface area contributed by atoms with Crippen LogP contribution in [0.1, 0.15) is 95.5 Å². The van der Waals surface area contributed by atoms with E-state index in [-0.39, 0.29) is 31.3 Å². The van der Waals surface area contributed by atoms with Crippen LogP contribution in [0, 0.1) is 19.8 Å². The van der Waals surface area contributed by atoms with Crippen LogP contribution in [0.2, 0.25) is 0 Å². The number of benzene rings is 2. The molecule has 0 bridgehead atoms. The van der Waals surface area contributed by atoms with Crippen molar-refractivity contribution in [3.63, 3.8) is 0 Å². The Kier molecular flexibility index (Phi) is 13.2. The van der Waals surface area contributed by atoms with Crippen LogP contribution in [0.4, 0.5) is 4.79 Å². The predicted octanol–water partition coefficient (Wildman–Crippen LogP) is 5.47. The lowest BCUT2D eigenvalue weighted by Crippen LogP contribution is -2.55. The average molecular weight is 595 g/mol. The van der Waals surface area contributed by atoms with E-state index in [2.05, 4.69) is 24.5 Å². The molecule has 2 aromatic rings. The van der Waals surface area contributed by atoms with Crippen LogP contribution in [0.5, 0.6) is 0 Å². The van der Waals surface area contributed by atoms with Crippen molar-refractivity contribution in [2.75, 3.05) is 0 Å². The van der Waals surface area contributed by atoms with Gasteiger partial charge < -0.3 is 26.0 Å². The number of hydrogen-bond donors (Lipinski definition) is 3. The number of nitrogens with two attached hydrogens (primary N) is 1. The van der Waals surface area contributed by atoms with Gasteiger partial charge in [-0.1, -0.05) is 67.9 Å². The Morgan fingerprint density at radius 3 is 2.14 bits per heavy atom. The first-order valence-corrected chi connectivity index (χ1v) is 15.1. The highest BCUT2D eigenvalue weighted by molar-refractivity contribution is 5.93. The van der Waals surface area contributed by atoms with Crippen LogP contribution < -0.4 is 16.4 Å². The zero-order chi connectivity index (χ0) is 32.3. The molecule has 9 nitrogen and oxygen atoms in total. The van der Waals surface area contributed by atoms with E-state index in [1.807, 2.05) is 69.3 Å². The third kappa shape index (κ3) is 11.7. The topological polar surface area (TPSA) is 131 Å². The van der Waals surface area contributed by atoms with E-state index < -0.39 is 35.6 Å². The minimum Gasteiger partial charge on any atom is -0.444 e. The first-order chi connectivity index (χ1) is 20.1. The summed E-state index contributed by atoms with van der Waals surface area (Å²) in [5.41, 5.74) is 8.15. The largest absolute Gasteiger partial charge is 0.444 e. The Bertz CT molecular complexity index is 1240. The van der Waals surface area contributed by atoms with Crippen molar-refractivity contribution in [2.24, 2.45) is 11.7 Å². The summed E-state index contributed by atoms with van der Waals surface area (Å²) in [7, 11) is 0. The Labute approximate surface area is 256 Å². The number of hydrogen-bond acceptors (Lipinski definition) is 5. The van der Waals surface area contributed by atoms with Crippen molar-refractivity contribution >= 4 is 23.8 Å². The zero-order valence-corrected chi connectivity index (χ0v) is 27.0. The fourth-order valence-electron chi connectivity index (χ4n) is 4.92. The number of amides is 4. The molecule has 0 aliphatic heterocycles. The van der Waals surface area contributed by atoms with E-state index >= 15 is 0 Å². The molecule has 4 N–H and O–H groups in total. The molecule has 0 radical (unpaired) electrons. The first kappa shape index (κ1) is 35.3. The molecule has 43 heavy (non-hydrogen) atoms. The van der Waals surface area contributed by atoms with Crippen molar-refractivity contribution in [1.82, 2.24) is 15.5 Å². The van der Waals surface area contributed by atoms with Gasteiger partial charge in [-0.05, 0) is 83.4 Å². The summed E-state index contributed by atoms with van der Waals surface area (Å²) >= 11 is 0. The van der Waals surface area contributed by atoms with Gasteiger partial charge in [0.05, 0.1) is 0 Å². The molecular formula is C34H50N4O5. The van der Waals surface area contributed by atoms with Gasteiger partial charge in [0, 0.05) is 19.0 Å². The van der Waals surface area contributed by atoms with Gasteiger partial charge in [0.15, 0.2) is 0 Å². The lowest BCUT2D eigenvalue weighted by atomic mass is 9.93. The van der Waals surface area contributed by atoms with Crippen molar-refractivity contribution in [1.29, 1.82) is 0 Å². The third-order valence-electron chi connectivity index (χ3n) is 7.12. The molecule has 2 rings (SSSR count). The highest BCUT2D eigenvalue weighted by Crippen LogP contribution is 2.30. The van der Waals surface area contributed by atoms with Gasteiger partial charge in [-0.3, -0.25) is 14.4 Å². The molecule has 4 amide bonds. The monoisotopic (exact) mass is 594 g/mol. The second kappa shape index (κ2) is 16.1. The smallest absolute Gasteiger partial charge is 0.408 e. The summed E-state index contributed by atoms with van der Waals surface area (Å²) in [5, 5.41) is 5.70. The van der Waals surface area contributed by atoms with Gasteiger partial charge in [0.25, 0.3) is 0 Å². The summed E-state index contributed by atoms with van der Waals surface area (Å²) < 4.78 is 5.44. The molecule has 0 aromatic heterocycles. The Hall–Kier alpha value is -3.88. The number of carbonyl (C=O) groups is 4. The summed E-state index contributed by atoms with van der Waals surface area (Å²) in [6, 6.07) is 12.8. The number of carbonyl (C=O) groups excluding carboxylic acids is 4. The van der Waals surface area contributed by atoms with Crippen LogP contribution in [0.3, 0.4) is 0 Å². The fourth-order valence-corrected chi connectivity index (χ4v) is 4.92. The molecule has 3 atom stereocenters. The number of aryl methyl sites for hydroxylation is 2. The third-order valence-corrected chi connectivity index (χ3v) is 7.12. The lowest BCUT2D eigenvalue weighted by molar-refractivity contribution is -0.145. The van der Waals surface area contributed by atoms with Crippen LogP contribution in [-0.2, 0) is 25.7 Å². The normalized spacial score (nSPS) is 13.5. The van der Waals surface area contributed by atoms with Gasteiger partial charge in [-0.15, -0.1) is 0 Å². The highest BCUT2D eigenvalue weighted by Gasteiger charge is 2.39. The van der Waals surface area contributed by atoms with Crippen LogP contribution in [0.25, 0.3) is 0 Å². The van der Waals surface area contributed by atoms with E-state index in [1.54, 1.807) is 25.7 Å². The maximum atomic E-state index is 14.5. The molecule has 0 fully saturated rings. The lowest BCUT2D eigenvalue weighted by Gasteiger charge is -2.39. The quantitative estimate of drug-likeness (QED) is 0.267. The molecular weight excluding hydrogens is 544 g/mol. The van der Waals surface area contributed by atoms with E-state index in [9.17, 15) is 19.2 Å². The second-order valence-corrected chi connectivity index (χ2v) is 12.7. The van der Waals surface area contributed by atoms with Crippen molar-refractivity contribution in [2.45, 2.75) is 111 Å². The number of primary amides is 1. The van der Waals surface area contributed by atoms with E-state index in [0.717, 1.165) is 23.1 Å². The minimum atomic E-state index is -1.14. The van der Waals surface area contributed by atoms with Crippen molar-refractivity contribution < 1.29 is 23.9 Å². The number of ether oxygens (including phenoxy) is 1. The van der Waals surface area contributed by atoms with E-state index in [0.29, 0.717) is 17.9 Å². The van der Waals surface area contributed by atoms with Gasteiger partial charge in [0.1, 0.15) is 17.7 Å². The molecule has 9 heteroatoms. The molecule has 0 saturated carbocycles. The number of rotatable bonds is 14. The molecule has 0 heterocycles. The number of nitrogens with one attached hydrogen (secondary N) is 2. The molecule has 0 saturated heterocycles. The van der Waals surface area contributed by atoms with Gasteiger partial charge in [-0.25, -0.2) is 4.79 Å². The first-order valence-electron chi connectivity index (χ1n) is 15.1. The maximum Gasteiger partial charge on any atom is 0.408 e. The van der Waals surface area contributed by atoms with Gasteiger partial charge >= 0.3 is 6.09 Å². The molecule has 0 aliphatic carbocycles. The van der Waals surface area contributed by atoms with E-state index in [1.165, 1.54) is 0 Å². The summed E-state index contributed by atoms with van der Waals surface area (Å²) in [6.07, 6.45) is 0.496. The van der Waals surface area contributed by atoms with Crippen LogP contribution in [-0.4, -0.2) is 46.4 Å².